The molecule has 0 aromatic heterocycles. The lowest BCUT2D eigenvalue weighted by atomic mass is 10.3. The first-order chi connectivity index (χ1) is 7.01. The summed E-state index contributed by atoms with van der Waals surface area (Å²) in [5.41, 5.74) is 0.495. The number of ether oxygens (including phenoxy) is 1. The van der Waals surface area contributed by atoms with Crippen LogP contribution < -0.4 is 4.74 Å². The first-order valence-corrected chi connectivity index (χ1v) is 3.78. The number of aliphatic imine (C=N–C) groups is 1. The van der Waals surface area contributed by atoms with Gasteiger partial charge in [0.15, 0.2) is 0 Å². The van der Waals surface area contributed by atoms with Crippen LogP contribution in [-0.2, 0) is 0 Å². The van der Waals surface area contributed by atoms with Crippen LogP contribution in [0, 0.1) is 0 Å². The SMILES string of the molecule is C=Nc1ccc(OC(F)(F)F)cc1.CO. The molecule has 0 saturated heterocycles. The second kappa shape index (κ2) is 6.02. The molecule has 0 fully saturated rings. The van der Waals surface area contributed by atoms with Gasteiger partial charge in [0.2, 0.25) is 0 Å². The maximum absolute atomic E-state index is 11.7. The molecule has 0 aliphatic rings. The summed E-state index contributed by atoms with van der Waals surface area (Å²) < 4.78 is 38.6. The van der Waals surface area contributed by atoms with Gasteiger partial charge in [-0.1, -0.05) is 0 Å². The van der Waals surface area contributed by atoms with Gasteiger partial charge >= 0.3 is 6.36 Å². The zero-order valence-corrected chi connectivity index (χ0v) is 7.95. The fourth-order valence-electron chi connectivity index (χ4n) is 0.753. The van der Waals surface area contributed by atoms with Gasteiger partial charge in [-0.2, -0.15) is 0 Å². The molecule has 1 rings (SSSR count). The Morgan fingerprint density at radius 1 is 1.20 bits per heavy atom. The summed E-state index contributed by atoms with van der Waals surface area (Å²) in [7, 11) is 1.00. The molecule has 1 aromatic rings. The number of rotatable bonds is 2. The van der Waals surface area contributed by atoms with Gasteiger partial charge in [-0.05, 0) is 31.0 Å². The highest BCUT2D eigenvalue weighted by molar-refractivity contribution is 5.47. The number of aliphatic hydroxyl groups excluding tert-OH is 1. The van der Waals surface area contributed by atoms with E-state index in [0.717, 1.165) is 7.11 Å². The van der Waals surface area contributed by atoms with Crippen molar-refractivity contribution in [3.63, 3.8) is 0 Å². The van der Waals surface area contributed by atoms with Crippen LogP contribution in [0.5, 0.6) is 5.75 Å². The van der Waals surface area contributed by atoms with Crippen molar-refractivity contribution in [1.29, 1.82) is 0 Å². The molecule has 0 amide bonds. The molecule has 0 atom stereocenters. The predicted octanol–water partition coefficient (Wildman–Crippen LogP) is 2.53. The van der Waals surface area contributed by atoms with Gasteiger partial charge in [0.25, 0.3) is 0 Å². The lowest BCUT2D eigenvalue weighted by molar-refractivity contribution is -0.274. The maximum atomic E-state index is 11.7. The van der Waals surface area contributed by atoms with Gasteiger partial charge in [-0.3, -0.25) is 4.99 Å². The number of hydrogen-bond acceptors (Lipinski definition) is 3. The van der Waals surface area contributed by atoms with E-state index >= 15 is 0 Å². The van der Waals surface area contributed by atoms with E-state index in [2.05, 4.69) is 16.4 Å². The lowest BCUT2D eigenvalue weighted by Gasteiger charge is -2.07. The van der Waals surface area contributed by atoms with E-state index in [9.17, 15) is 13.2 Å². The van der Waals surface area contributed by atoms with Crippen LogP contribution in [0.15, 0.2) is 29.3 Å². The van der Waals surface area contributed by atoms with Gasteiger partial charge in [0.05, 0.1) is 5.69 Å². The van der Waals surface area contributed by atoms with Crippen LogP contribution in [0.2, 0.25) is 0 Å². The normalized spacial score (nSPS) is 9.93. The van der Waals surface area contributed by atoms with Crippen molar-refractivity contribution in [3.8, 4) is 5.75 Å². The Labute approximate surface area is 84.8 Å². The largest absolute Gasteiger partial charge is 0.573 e. The molecule has 84 valence electrons. The average Bonchev–Trinajstić information content (AvgIpc) is 2.20. The predicted molar refractivity (Wildman–Crippen MR) is 50.5 cm³/mol. The molecule has 3 nitrogen and oxygen atoms in total. The molecule has 0 radical (unpaired) electrons. The lowest BCUT2D eigenvalue weighted by Crippen LogP contribution is -2.16. The Kier molecular flexibility index (Phi) is 5.40. The van der Waals surface area contributed by atoms with E-state index in [0.29, 0.717) is 5.69 Å². The van der Waals surface area contributed by atoms with Gasteiger partial charge in [0, 0.05) is 7.11 Å². The number of benzene rings is 1. The molecule has 1 N–H and O–H groups in total. The quantitative estimate of drug-likeness (QED) is 0.779. The van der Waals surface area contributed by atoms with Crippen molar-refractivity contribution in [2.45, 2.75) is 6.36 Å². The number of alkyl halides is 3. The summed E-state index contributed by atoms with van der Waals surface area (Å²) >= 11 is 0. The van der Waals surface area contributed by atoms with Crippen molar-refractivity contribution in [2.24, 2.45) is 4.99 Å². The number of nitrogens with zero attached hydrogens (tertiary/aromatic N) is 1. The molecule has 6 heteroatoms. The van der Waals surface area contributed by atoms with E-state index in [-0.39, 0.29) is 5.75 Å². The van der Waals surface area contributed by atoms with Crippen LogP contribution in [0.4, 0.5) is 18.9 Å². The number of hydrogen-bond donors (Lipinski definition) is 1. The van der Waals surface area contributed by atoms with E-state index in [4.69, 9.17) is 5.11 Å². The minimum absolute atomic E-state index is 0.264. The van der Waals surface area contributed by atoms with E-state index in [1.54, 1.807) is 0 Å². The minimum atomic E-state index is -4.65. The highest BCUT2D eigenvalue weighted by atomic mass is 19.4. The second-order valence-corrected chi connectivity index (χ2v) is 2.20. The molecule has 0 aliphatic heterocycles. The highest BCUT2D eigenvalue weighted by Gasteiger charge is 2.30. The zero-order valence-electron chi connectivity index (χ0n) is 7.95. The van der Waals surface area contributed by atoms with Gasteiger partial charge in [-0.25, -0.2) is 0 Å². The summed E-state index contributed by atoms with van der Waals surface area (Å²) in [6.07, 6.45) is -4.65. The standard InChI is InChI=1S/C8H6F3NO.CH4O/c1-12-6-2-4-7(5-3-6)13-8(9,10)11;1-2/h2-5H,1H2;2H,1H3. The third kappa shape index (κ3) is 5.69. The zero-order chi connectivity index (χ0) is 11.9. The van der Waals surface area contributed by atoms with Crippen LogP contribution in [0.3, 0.4) is 0 Å². The van der Waals surface area contributed by atoms with Crippen LogP contribution in [-0.4, -0.2) is 25.3 Å². The molecule has 0 bridgehead atoms. The van der Waals surface area contributed by atoms with Crippen LogP contribution >= 0.6 is 0 Å². The van der Waals surface area contributed by atoms with Crippen molar-refractivity contribution < 1.29 is 23.0 Å². The molecule has 15 heavy (non-hydrogen) atoms. The van der Waals surface area contributed by atoms with Gasteiger partial charge in [0.1, 0.15) is 5.75 Å². The Morgan fingerprint density at radius 3 is 2.00 bits per heavy atom. The molecule has 0 spiro atoms. The Balaban J connectivity index is 0.000000921. The Hall–Kier alpha value is -1.56. The third-order valence-electron chi connectivity index (χ3n) is 1.25. The summed E-state index contributed by atoms with van der Waals surface area (Å²) in [6.45, 7) is 3.22. The van der Waals surface area contributed by atoms with Crippen LogP contribution in [0.1, 0.15) is 0 Å². The minimum Gasteiger partial charge on any atom is -0.406 e. The Morgan fingerprint density at radius 2 is 1.67 bits per heavy atom. The molecule has 0 unspecified atom stereocenters. The first-order valence-electron chi connectivity index (χ1n) is 3.78. The molecular formula is C9H10F3NO2. The molecule has 0 aliphatic carbocycles. The van der Waals surface area contributed by atoms with Crippen molar-refractivity contribution in [2.75, 3.05) is 7.11 Å². The highest BCUT2D eigenvalue weighted by Crippen LogP contribution is 2.24. The smallest absolute Gasteiger partial charge is 0.406 e. The van der Waals surface area contributed by atoms with Crippen molar-refractivity contribution in [3.05, 3.63) is 24.3 Å². The summed E-state index contributed by atoms with van der Waals surface area (Å²) in [6, 6.07) is 5.12. The summed E-state index contributed by atoms with van der Waals surface area (Å²) in [5.74, 6) is -0.264. The van der Waals surface area contributed by atoms with Crippen LogP contribution in [0.25, 0.3) is 0 Å². The topological polar surface area (TPSA) is 41.8 Å². The van der Waals surface area contributed by atoms with Gasteiger partial charge in [-0.15, -0.1) is 13.2 Å². The third-order valence-corrected chi connectivity index (χ3v) is 1.25. The van der Waals surface area contributed by atoms with Gasteiger partial charge < -0.3 is 9.84 Å². The number of halogens is 3. The molecular weight excluding hydrogens is 211 g/mol. The first kappa shape index (κ1) is 13.4. The maximum Gasteiger partial charge on any atom is 0.573 e. The monoisotopic (exact) mass is 221 g/mol. The summed E-state index contributed by atoms with van der Waals surface area (Å²) in [5, 5.41) is 7.00. The van der Waals surface area contributed by atoms with Crippen molar-refractivity contribution in [1.82, 2.24) is 0 Å². The molecule has 0 saturated carbocycles. The Bertz CT molecular complexity index is 295. The summed E-state index contributed by atoms with van der Waals surface area (Å²) in [4.78, 5) is 3.52. The van der Waals surface area contributed by atoms with E-state index in [1.807, 2.05) is 0 Å². The van der Waals surface area contributed by atoms with E-state index in [1.165, 1.54) is 24.3 Å². The second-order valence-electron chi connectivity index (χ2n) is 2.20. The number of aliphatic hydroxyl groups is 1. The average molecular weight is 221 g/mol. The van der Waals surface area contributed by atoms with Crippen molar-refractivity contribution >= 4 is 12.4 Å². The molecule has 1 aromatic carbocycles. The van der Waals surface area contributed by atoms with E-state index < -0.39 is 6.36 Å². The molecule has 0 heterocycles. The fraction of sp³-hybridized carbons (Fsp3) is 0.222. The fourth-order valence-corrected chi connectivity index (χ4v) is 0.753.